The molecular formula is C18H31N. The van der Waals surface area contributed by atoms with Gasteiger partial charge in [0.25, 0.3) is 0 Å². The van der Waals surface area contributed by atoms with Gasteiger partial charge >= 0.3 is 0 Å². The van der Waals surface area contributed by atoms with Crippen molar-refractivity contribution in [3.05, 3.63) is 34.9 Å². The molecule has 1 heteroatoms. The second-order valence-corrected chi connectivity index (χ2v) is 5.22. The summed E-state index contributed by atoms with van der Waals surface area (Å²) in [7, 11) is 0. The molecular weight excluding hydrogens is 230 g/mol. The molecule has 0 spiro atoms. The lowest BCUT2D eigenvalue weighted by molar-refractivity contribution is 0.569. The first kappa shape index (κ1) is 17.9. The van der Waals surface area contributed by atoms with Crippen LogP contribution in [-0.4, -0.2) is 12.8 Å². The number of nitrogens with zero attached hydrogens (tertiary/aromatic N) is 1. The van der Waals surface area contributed by atoms with E-state index in [0.717, 1.165) is 6.54 Å². The van der Waals surface area contributed by atoms with E-state index in [0.29, 0.717) is 5.92 Å². The van der Waals surface area contributed by atoms with Crippen LogP contribution in [0.25, 0.3) is 0 Å². The minimum Gasteiger partial charge on any atom is -0.288 e. The molecule has 2 rings (SSSR count). The van der Waals surface area contributed by atoms with Gasteiger partial charge in [-0.3, -0.25) is 4.99 Å². The quantitative estimate of drug-likeness (QED) is 0.582. The van der Waals surface area contributed by atoms with Gasteiger partial charge < -0.3 is 0 Å². The molecule has 19 heavy (non-hydrogen) atoms. The van der Waals surface area contributed by atoms with Crippen LogP contribution in [0.3, 0.4) is 0 Å². The molecule has 0 bridgehead atoms. The fourth-order valence-electron chi connectivity index (χ4n) is 2.28. The molecule has 1 aliphatic heterocycles. The number of aliphatic imine (C=N–C) groups is 1. The van der Waals surface area contributed by atoms with Crippen molar-refractivity contribution < 1.29 is 0 Å². The van der Waals surface area contributed by atoms with E-state index in [1.54, 1.807) is 0 Å². The Hall–Kier alpha value is -1.11. The summed E-state index contributed by atoms with van der Waals surface area (Å²) < 4.78 is 0. The maximum absolute atomic E-state index is 4.42. The van der Waals surface area contributed by atoms with Crippen molar-refractivity contribution in [2.45, 2.75) is 55.4 Å². The monoisotopic (exact) mass is 261 g/mol. The Morgan fingerprint density at radius 3 is 2.21 bits per heavy atom. The molecule has 0 aromatic rings. The standard InChI is InChI=1S/C14H19N.2C2H6/c1-10(2)11-6-5-7-14(3,4)13-9-15-8-12(11)13;2*1-2/h5-8,10H,9H2,1-4H3;2*1-2H3. The highest BCUT2D eigenvalue weighted by molar-refractivity contribution is 5.89. The predicted molar refractivity (Wildman–Crippen MR) is 88.9 cm³/mol. The van der Waals surface area contributed by atoms with Crippen LogP contribution in [-0.2, 0) is 0 Å². The van der Waals surface area contributed by atoms with Crippen molar-refractivity contribution in [3.63, 3.8) is 0 Å². The summed E-state index contributed by atoms with van der Waals surface area (Å²) in [5.41, 5.74) is 4.42. The molecule has 1 heterocycles. The van der Waals surface area contributed by atoms with Crippen molar-refractivity contribution in [2.24, 2.45) is 16.3 Å². The Bertz CT molecular complexity index is 390. The molecule has 0 atom stereocenters. The maximum Gasteiger partial charge on any atom is 0.0617 e. The SMILES string of the molecule is CC.CC.CC(C)C1=CC=CC(C)(C)C2=C1C=NC2. The van der Waals surface area contributed by atoms with Crippen LogP contribution in [0.15, 0.2) is 39.9 Å². The van der Waals surface area contributed by atoms with Gasteiger partial charge in [-0.2, -0.15) is 0 Å². The zero-order valence-corrected chi connectivity index (χ0v) is 14.0. The third-order valence-electron chi connectivity index (χ3n) is 3.29. The van der Waals surface area contributed by atoms with E-state index < -0.39 is 0 Å². The molecule has 1 nitrogen and oxygen atoms in total. The highest BCUT2D eigenvalue weighted by Crippen LogP contribution is 2.38. The molecule has 0 N–H and O–H groups in total. The second-order valence-electron chi connectivity index (χ2n) is 5.22. The lowest BCUT2D eigenvalue weighted by Gasteiger charge is -2.23. The van der Waals surface area contributed by atoms with Crippen molar-refractivity contribution in [1.29, 1.82) is 0 Å². The molecule has 0 aromatic heterocycles. The maximum atomic E-state index is 4.42. The molecule has 0 unspecified atom stereocenters. The number of rotatable bonds is 1. The Morgan fingerprint density at radius 2 is 1.68 bits per heavy atom. The Labute approximate surface area is 120 Å². The Morgan fingerprint density at radius 1 is 1.11 bits per heavy atom. The minimum atomic E-state index is 0.152. The largest absolute Gasteiger partial charge is 0.288 e. The molecule has 108 valence electrons. The lowest BCUT2D eigenvalue weighted by Crippen LogP contribution is -2.14. The van der Waals surface area contributed by atoms with Gasteiger partial charge in [-0.25, -0.2) is 0 Å². The van der Waals surface area contributed by atoms with Crippen LogP contribution < -0.4 is 0 Å². The van der Waals surface area contributed by atoms with Gasteiger partial charge in [0, 0.05) is 11.6 Å². The van der Waals surface area contributed by atoms with Gasteiger partial charge in [0.05, 0.1) is 6.54 Å². The zero-order chi connectivity index (χ0) is 15.1. The van der Waals surface area contributed by atoms with Crippen LogP contribution in [0.5, 0.6) is 0 Å². The topological polar surface area (TPSA) is 12.4 Å². The van der Waals surface area contributed by atoms with Crippen LogP contribution >= 0.6 is 0 Å². The van der Waals surface area contributed by atoms with Gasteiger partial charge in [0.2, 0.25) is 0 Å². The van der Waals surface area contributed by atoms with Crippen molar-refractivity contribution >= 4 is 6.21 Å². The van der Waals surface area contributed by atoms with Crippen molar-refractivity contribution in [1.82, 2.24) is 0 Å². The fourth-order valence-corrected chi connectivity index (χ4v) is 2.28. The van der Waals surface area contributed by atoms with Gasteiger partial charge in [-0.05, 0) is 22.6 Å². The van der Waals surface area contributed by atoms with E-state index in [1.807, 2.05) is 27.7 Å². The van der Waals surface area contributed by atoms with Gasteiger partial charge in [-0.15, -0.1) is 0 Å². The molecule has 2 aliphatic rings. The van der Waals surface area contributed by atoms with Crippen LogP contribution in [0.2, 0.25) is 0 Å². The van der Waals surface area contributed by atoms with Gasteiger partial charge in [-0.1, -0.05) is 73.6 Å². The third-order valence-corrected chi connectivity index (χ3v) is 3.29. The Kier molecular flexibility index (Phi) is 7.66. The minimum absolute atomic E-state index is 0.152. The number of hydrogen-bond donors (Lipinski definition) is 0. The average Bonchev–Trinajstić information content (AvgIpc) is 2.84. The van der Waals surface area contributed by atoms with E-state index in [2.05, 4.69) is 57.1 Å². The molecule has 0 amide bonds. The van der Waals surface area contributed by atoms with Crippen LogP contribution in [0, 0.1) is 11.3 Å². The summed E-state index contributed by atoms with van der Waals surface area (Å²) in [6.07, 6.45) is 8.77. The summed E-state index contributed by atoms with van der Waals surface area (Å²) in [5.74, 6) is 0.568. The van der Waals surface area contributed by atoms with E-state index in [-0.39, 0.29) is 5.41 Å². The summed E-state index contributed by atoms with van der Waals surface area (Å²) in [5, 5.41) is 0. The molecule has 0 fully saturated rings. The first-order valence-corrected chi connectivity index (χ1v) is 7.65. The number of hydrogen-bond acceptors (Lipinski definition) is 1. The highest BCUT2D eigenvalue weighted by atomic mass is 14.7. The summed E-state index contributed by atoms with van der Waals surface area (Å²) >= 11 is 0. The van der Waals surface area contributed by atoms with E-state index >= 15 is 0 Å². The fraction of sp³-hybridized carbons (Fsp3) is 0.611. The second kappa shape index (κ2) is 8.14. The van der Waals surface area contributed by atoms with Gasteiger partial charge in [0.15, 0.2) is 0 Å². The zero-order valence-electron chi connectivity index (χ0n) is 14.0. The normalized spacial score (nSPS) is 18.9. The first-order valence-electron chi connectivity index (χ1n) is 7.65. The average molecular weight is 261 g/mol. The number of allylic oxidation sites excluding steroid dienone is 5. The lowest BCUT2D eigenvalue weighted by atomic mass is 9.80. The van der Waals surface area contributed by atoms with Crippen molar-refractivity contribution in [3.8, 4) is 0 Å². The van der Waals surface area contributed by atoms with Crippen molar-refractivity contribution in [2.75, 3.05) is 6.54 Å². The van der Waals surface area contributed by atoms with Gasteiger partial charge in [0.1, 0.15) is 0 Å². The highest BCUT2D eigenvalue weighted by Gasteiger charge is 2.28. The molecule has 1 aliphatic carbocycles. The Balaban J connectivity index is 0.000000741. The first-order chi connectivity index (χ1) is 9.02. The third kappa shape index (κ3) is 4.19. The summed E-state index contributed by atoms with van der Waals surface area (Å²) in [4.78, 5) is 4.42. The molecule has 0 saturated heterocycles. The van der Waals surface area contributed by atoms with E-state index in [9.17, 15) is 0 Å². The summed E-state index contributed by atoms with van der Waals surface area (Å²) in [6.45, 7) is 17.9. The van der Waals surface area contributed by atoms with Crippen LogP contribution in [0.4, 0.5) is 0 Å². The van der Waals surface area contributed by atoms with Crippen LogP contribution in [0.1, 0.15) is 55.4 Å². The van der Waals surface area contributed by atoms with E-state index in [1.165, 1.54) is 16.7 Å². The predicted octanol–water partition coefficient (Wildman–Crippen LogP) is 5.60. The molecule has 0 aromatic carbocycles. The summed E-state index contributed by atoms with van der Waals surface area (Å²) in [6, 6.07) is 0. The molecule has 0 saturated carbocycles. The smallest absolute Gasteiger partial charge is 0.0617 e. The molecule has 0 radical (unpaired) electrons. The van der Waals surface area contributed by atoms with E-state index in [4.69, 9.17) is 0 Å².